The predicted octanol–water partition coefficient (Wildman–Crippen LogP) is 3.97. The zero-order chi connectivity index (χ0) is 25.9. The molecule has 1 aliphatic heterocycles. The van der Waals surface area contributed by atoms with Crippen LogP contribution in [0.1, 0.15) is 11.3 Å². The molecular formula is C22H21Cl2FN6O3S2. The van der Waals surface area contributed by atoms with Crippen LogP contribution in [0.2, 0.25) is 10.2 Å². The van der Waals surface area contributed by atoms with Crippen molar-refractivity contribution < 1.29 is 17.5 Å². The number of ether oxygens (including phenoxy) is 1. The van der Waals surface area contributed by atoms with Gasteiger partial charge in [0.25, 0.3) is 0 Å². The summed E-state index contributed by atoms with van der Waals surface area (Å²) in [6, 6.07) is 10.1. The lowest BCUT2D eigenvalue weighted by molar-refractivity contribution is 0.0730. The third kappa shape index (κ3) is 5.85. The van der Waals surface area contributed by atoms with Gasteiger partial charge in [-0.1, -0.05) is 23.2 Å². The first kappa shape index (κ1) is 26.5. The van der Waals surface area contributed by atoms with Crippen LogP contribution in [0.4, 0.5) is 10.1 Å². The molecule has 9 nitrogen and oxygen atoms in total. The van der Waals surface area contributed by atoms with Gasteiger partial charge in [-0.05, 0) is 61.6 Å². The van der Waals surface area contributed by atoms with Crippen LogP contribution in [-0.2, 0) is 14.8 Å². The fraction of sp³-hybridized carbons (Fsp3) is 0.227. The fourth-order valence-corrected chi connectivity index (χ4v) is 5.50. The van der Waals surface area contributed by atoms with Crippen molar-refractivity contribution in [1.82, 2.24) is 19.5 Å². The number of nitrogens with one attached hydrogen (secondary N) is 2. The SMILES string of the molecule is Cc1nn(-c2ccc(F)cc2)c(Cl)c1/C=N/NC(=S)Nc1cc(S(=O)(=O)N2CCOCC2)ccc1Cl. The quantitative estimate of drug-likeness (QED) is 0.263. The summed E-state index contributed by atoms with van der Waals surface area (Å²) in [6.07, 6.45) is 1.44. The largest absolute Gasteiger partial charge is 0.379 e. The third-order valence-corrected chi connectivity index (χ3v) is 8.05. The molecule has 2 N–H and O–H groups in total. The number of halogens is 3. The standard InChI is InChI=1S/C22H21Cl2FN6O3S2/c1-14-18(21(24)31(29-14)16-4-2-15(25)3-5-16)13-26-28-22(35)27-20-12-17(6-7-19(20)23)36(32,33)30-8-10-34-11-9-30/h2-7,12-13H,8-11H2,1H3,(H2,27,28,35)/b26-13+. The molecule has 36 heavy (non-hydrogen) atoms. The lowest BCUT2D eigenvalue weighted by atomic mass is 10.3. The summed E-state index contributed by atoms with van der Waals surface area (Å²) in [6.45, 7) is 3.00. The van der Waals surface area contributed by atoms with Crippen LogP contribution in [0.25, 0.3) is 5.69 Å². The van der Waals surface area contributed by atoms with Crippen LogP contribution in [0.15, 0.2) is 52.5 Å². The van der Waals surface area contributed by atoms with Gasteiger partial charge in [-0.25, -0.2) is 17.5 Å². The fourth-order valence-electron chi connectivity index (χ4n) is 3.41. The smallest absolute Gasteiger partial charge is 0.243 e. The van der Waals surface area contributed by atoms with Gasteiger partial charge in [-0.3, -0.25) is 5.43 Å². The Labute approximate surface area is 222 Å². The maximum Gasteiger partial charge on any atom is 0.243 e. The first-order valence-electron chi connectivity index (χ1n) is 10.7. The number of hydrazone groups is 1. The number of morpholine rings is 1. The molecule has 14 heteroatoms. The highest BCUT2D eigenvalue weighted by molar-refractivity contribution is 7.89. The van der Waals surface area contributed by atoms with Gasteiger partial charge in [0.2, 0.25) is 10.0 Å². The number of aryl methyl sites for hydroxylation is 1. The maximum absolute atomic E-state index is 13.2. The number of nitrogens with zero attached hydrogens (tertiary/aromatic N) is 4. The molecule has 0 spiro atoms. The van der Waals surface area contributed by atoms with Crippen molar-refractivity contribution in [1.29, 1.82) is 0 Å². The summed E-state index contributed by atoms with van der Waals surface area (Å²) in [5, 5.41) is 12.0. The van der Waals surface area contributed by atoms with E-state index in [4.69, 9.17) is 40.2 Å². The number of hydrogen-bond acceptors (Lipinski definition) is 6. The number of benzene rings is 2. The minimum Gasteiger partial charge on any atom is -0.379 e. The molecule has 0 atom stereocenters. The number of thiocarbonyl (C=S) groups is 1. The molecule has 0 amide bonds. The Morgan fingerprint density at radius 1 is 1.19 bits per heavy atom. The minimum atomic E-state index is -3.71. The van der Waals surface area contributed by atoms with Gasteiger partial charge in [0.15, 0.2) is 5.11 Å². The normalized spacial score (nSPS) is 14.8. The second-order valence-electron chi connectivity index (χ2n) is 7.66. The van der Waals surface area contributed by atoms with E-state index in [1.165, 1.54) is 45.5 Å². The summed E-state index contributed by atoms with van der Waals surface area (Å²) in [5.74, 6) is -0.366. The third-order valence-electron chi connectivity index (χ3n) is 5.27. The Bertz CT molecular complexity index is 1410. The van der Waals surface area contributed by atoms with Gasteiger partial charge in [0.1, 0.15) is 11.0 Å². The van der Waals surface area contributed by atoms with Gasteiger partial charge in [-0.15, -0.1) is 0 Å². The van der Waals surface area contributed by atoms with Crippen molar-refractivity contribution in [3.05, 3.63) is 69.7 Å². The van der Waals surface area contributed by atoms with Gasteiger partial charge in [0, 0.05) is 13.1 Å². The molecule has 0 radical (unpaired) electrons. The number of rotatable bonds is 6. The van der Waals surface area contributed by atoms with Crippen molar-refractivity contribution in [2.75, 3.05) is 31.6 Å². The lowest BCUT2D eigenvalue weighted by Gasteiger charge is -2.26. The Morgan fingerprint density at radius 2 is 1.89 bits per heavy atom. The second kappa shape index (κ2) is 11.2. The summed E-state index contributed by atoms with van der Waals surface area (Å²) < 4.78 is 47.2. The van der Waals surface area contributed by atoms with Crippen molar-refractivity contribution in [3.63, 3.8) is 0 Å². The molecule has 2 aromatic carbocycles. The van der Waals surface area contributed by atoms with Crippen LogP contribution in [0, 0.1) is 12.7 Å². The monoisotopic (exact) mass is 570 g/mol. The first-order valence-corrected chi connectivity index (χ1v) is 13.3. The summed E-state index contributed by atoms with van der Waals surface area (Å²) >= 11 is 18.0. The number of aromatic nitrogens is 2. The molecule has 190 valence electrons. The maximum atomic E-state index is 13.2. The van der Waals surface area contributed by atoms with E-state index in [2.05, 4.69) is 20.9 Å². The van der Waals surface area contributed by atoms with E-state index >= 15 is 0 Å². The molecule has 1 saturated heterocycles. The minimum absolute atomic E-state index is 0.0776. The van der Waals surface area contributed by atoms with Crippen molar-refractivity contribution in [2.45, 2.75) is 11.8 Å². The zero-order valence-corrected chi connectivity index (χ0v) is 22.1. The van der Waals surface area contributed by atoms with Crippen LogP contribution in [0.3, 0.4) is 0 Å². The van der Waals surface area contributed by atoms with Crippen molar-refractivity contribution in [3.8, 4) is 5.69 Å². The lowest BCUT2D eigenvalue weighted by Crippen LogP contribution is -2.40. The molecule has 0 bridgehead atoms. The number of sulfonamides is 1. The highest BCUT2D eigenvalue weighted by Crippen LogP contribution is 2.27. The number of anilines is 1. The van der Waals surface area contributed by atoms with Crippen LogP contribution in [-0.4, -0.2) is 60.1 Å². The zero-order valence-electron chi connectivity index (χ0n) is 18.9. The van der Waals surface area contributed by atoms with E-state index in [9.17, 15) is 12.8 Å². The molecule has 1 aromatic heterocycles. The molecule has 0 aliphatic carbocycles. The van der Waals surface area contributed by atoms with E-state index in [0.717, 1.165) is 0 Å². The summed E-state index contributed by atoms with van der Waals surface area (Å²) in [4.78, 5) is 0.0817. The van der Waals surface area contributed by atoms with Gasteiger partial charge in [0.05, 0.1) is 52.0 Å². The number of hydrogen-bond donors (Lipinski definition) is 2. The van der Waals surface area contributed by atoms with E-state index in [0.29, 0.717) is 35.8 Å². The molecule has 4 rings (SSSR count). The molecule has 2 heterocycles. The van der Waals surface area contributed by atoms with Crippen molar-refractivity contribution in [2.24, 2.45) is 5.10 Å². The Kier molecular flexibility index (Phi) is 8.23. The van der Waals surface area contributed by atoms with Crippen LogP contribution < -0.4 is 10.7 Å². The molecule has 1 aliphatic rings. The van der Waals surface area contributed by atoms with Gasteiger partial charge < -0.3 is 10.1 Å². The molecule has 0 unspecified atom stereocenters. The topological polar surface area (TPSA) is 101 Å². The predicted molar refractivity (Wildman–Crippen MR) is 141 cm³/mol. The van der Waals surface area contributed by atoms with E-state index in [1.807, 2.05) is 0 Å². The van der Waals surface area contributed by atoms with Gasteiger partial charge in [-0.2, -0.15) is 14.5 Å². The molecule has 3 aromatic rings. The highest BCUT2D eigenvalue weighted by Gasteiger charge is 2.27. The van der Waals surface area contributed by atoms with Gasteiger partial charge >= 0.3 is 0 Å². The molecule has 0 saturated carbocycles. The van der Waals surface area contributed by atoms with E-state index in [-0.39, 0.29) is 39.1 Å². The second-order valence-corrected chi connectivity index (χ2v) is 10.8. The van der Waals surface area contributed by atoms with E-state index in [1.54, 1.807) is 19.1 Å². The Balaban J connectivity index is 1.45. The first-order chi connectivity index (χ1) is 17.2. The van der Waals surface area contributed by atoms with Crippen LogP contribution in [0.5, 0.6) is 0 Å². The molecule has 1 fully saturated rings. The summed E-state index contributed by atoms with van der Waals surface area (Å²) in [5.41, 5.74) is 4.68. The van der Waals surface area contributed by atoms with Crippen LogP contribution >= 0.6 is 35.4 Å². The summed E-state index contributed by atoms with van der Waals surface area (Å²) in [7, 11) is -3.71. The Hall–Kier alpha value is -2.61. The van der Waals surface area contributed by atoms with E-state index < -0.39 is 10.0 Å². The highest BCUT2D eigenvalue weighted by atomic mass is 35.5. The molecular weight excluding hydrogens is 550 g/mol. The average Bonchev–Trinajstić information content (AvgIpc) is 3.14. The average molecular weight is 571 g/mol. The van der Waals surface area contributed by atoms with Crippen molar-refractivity contribution >= 4 is 62.5 Å². The Morgan fingerprint density at radius 3 is 2.58 bits per heavy atom.